The van der Waals surface area contributed by atoms with Crippen LogP contribution >= 0.6 is 0 Å². The van der Waals surface area contributed by atoms with Gasteiger partial charge in [0, 0.05) is 17.1 Å². The summed E-state index contributed by atoms with van der Waals surface area (Å²) in [4.78, 5) is 25.1. The van der Waals surface area contributed by atoms with Gasteiger partial charge in [0.1, 0.15) is 10.6 Å². The molecular weight excluding hydrogens is 444 g/mol. The zero-order chi connectivity index (χ0) is 24.2. The highest BCUT2D eigenvalue weighted by molar-refractivity contribution is 7.89. The van der Waals surface area contributed by atoms with Crippen molar-refractivity contribution in [1.29, 1.82) is 0 Å². The van der Waals surface area contributed by atoms with Crippen molar-refractivity contribution < 1.29 is 27.5 Å². The third-order valence-corrected chi connectivity index (χ3v) is 6.46. The monoisotopic (exact) mass is 470 g/mol. The number of anilines is 1. The standard InChI is InChI=1S/C24H26N2O6S/c1-15(2)26-33(29,30)22-14-18(12-13-21(22)31-4)24(28)32-16(3)23(27)25-20-11-7-9-17-8-5-6-10-19(17)20/h5-16,26H,1-4H3,(H,25,27). The Bertz CT molecular complexity index is 1280. The molecule has 3 aromatic carbocycles. The van der Waals surface area contributed by atoms with Crippen molar-refractivity contribution in [3.05, 3.63) is 66.2 Å². The Hall–Kier alpha value is -3.43. The van der Waals surface area contributed by atoms with Crippen LogP contribution in [0.4, 0.5) is 5.69 Å². The van der Waals surface area contributed by atoms with Crippen LogP contribution in [0.15, 0.2) is 65.6 Å². The van der Waals surface area contributed by atoms with E-state index >= 15 is 0 Å². The second-order valence-corrected chi connectivity index (χ2v) is 9.39. The largest absolute Gasteiger partial charge is 0.495 e. The smallest absolute Gasteiger partial charge is 0.338 e. The molecule has 1 amide bonds. The van der Waals surface area contributed by atoms with Crippen LogP contribution in [0, 0.1) is 0 Å². The average Bonchev–Trinajstić information content (AvgIpc) is 2.78. The van der Waals surface area contributed by atoms with Gasteiger partial charge in [-0.15, -0.1) is 0 Å². The fourth-order valence-electron chi connectivity index (χ4n) is 3.24. The average molecular weight is 471 g/mol. The molecule has 0 heterocycles. The van der Waals surface area contributed by atoms with Gasteiger partial charge in [-0.2, -0.15) is 0 Å². The van der Waals surface area contributed by atoms with Crippen LogP contribution in [0.5, 0.6) is 5.75 Å². The SMILES string of the molecule is COc1ccc(C(=O)OC(C)C(=O)Nc2cccc3ccccc23)cc1S(=O)(=O)NC(C)C. The first kappa shape index (κ1) is 24.2. The number of methoxy groups -OCH3 is 1. The minimum Gasteiger partial charge on any atom is -0.495 e. The van der Waals surface area contributed by atoms with E-state index in [1.165, 1.54) is 32.2 Å². The molecule has 0 aromatic heterocycles. The summed E-state index contributed by atoms with van der Waals surface area (Å²) in [6.45, 7) is 4.80. The van der Waals surface area contributed by atoms with E-state index in [4.69, 9.17) is 9.47 Å². The number of amides is 1. The number of ether oxygens (including phenoxy) is 2. The normalized spacial score (nSPS) is 12.4. The lowest BCUT2D eigenvalue weighted by atomic mass is 10.1. The van der Waals surface area contributed by atoms with E-state index < -0.39 is 28.0 Å². The number of nitrogens with one attached hydrogen (secondary N) is 2. The predicted octanol–water partition coefficient (Wildman–Crippen LogP) is 3.72. The van der Waals surface area contributed by atoms with Crippen LogP contribution in [-0.4, -0.2) is 39.5 Å². The highest BCUT2D eigenvalue weighted by Gasteiger charge is 2.25. The molecule has 174 valence electrons. The molecular formula is C24H26N2O6S. The number of carbonyl (C=O) groups is 2. The summed E-state index contributed by atoms with van der Waals surface area (Å²) in [7, 11) is -2.59. The second kappa shape index (κ2) is 10.0. The van der Waals surface area contributed by atoms with Crippen molar-refractivity contribution in [2.24, 2.45) is 0 Å². The molecule has 3 aromatic rings. The van der Waals surface area contributed by atoms with Crippen LogP contribution in [0.1, 0.15) is 31.1 Å². The zero-order valence-corrected chi connectivity index (χ0v) is 19.6. The maximum Gasteiger partial charge on any atom is 0.338 e. The Morgan fingerprint density at radius 2 is 1.64 bits per heavy atom. The number of fused-ring (bicyclic) bond motifs is 1. The summed E-state index contributed by atoms with van der Waals surface area (Å²) in [5.74, 6) is -1.26. The summed E-state index contributed by atoms with van der Waals surface area (Å²) < 4.78 is 38.1. The van der Waals surface area contributed by atoms with E-state index in [0.29, 0.717) is 5.69 Å². The quantitative estimate of drug-likeness (QED) is 0.486. The van der Waals surface area contributed by atoms with E-state index in [1.54, 1.807) is 19.9 Å². The molecule has 9 heteroatoms. The molecule has 1 unspecified atom stereocenters. The fraction of sp³-hybridized carbons (Fsp3) is 0.250. The number of esters is 1. The van der Waals surface area contributed by atoms with Crippen LogP contribution < -0.4 is 14.8 Å². The van der Waals surface area contributed by atoms with Crippen molar-refractivity contribution in [2.75, 3.05) is 12.4 Å². The summed E-state index contributed by atoms with van der Waals surface area (Å²) in [6, 6.07) is 16.6. The molecule has 0 saturated heterocycles. The lowest BCUT2D eigenvalue weighted by Gasteiger charge is -2.16. The predicted molar refractivity (Wildman–Crippen MR) is 126 cm³/mol. The first-order valence-electron chi connectivity index (χ1n) is 10.3. The third kappa shape index (κ3) is 5.68. The number of carbonyl (C=O) groups excluding carboxylic acids is 2. The van der Waals surface area contributed by atoms with Crippen molar-refractivity contribution in [3.8, 4) is 5.75 Å². The fourth-order valence-corrected chi connectivity index (χ4v) is 4.68. The molecule has 8 nitrogen and oxygen atoms in total. The number of hydrogen-bond acceptors (Lipinski definition) is 6. The highest BCUT2D eigenvalue weighted by atomic mass is 32.2. The zero-order valence-electron chi connectivity index (χ0n) is 18.8. The van der Waals surface area contributed by atoms with Gasteiger partial charge in [-0.3, -0.25) is 4.79 Å². The molecule has 0 aliphatic carbocycles. The Morgan fingerprint density at radius 3 is 2.33 bits per heavy atom. The van der Waals surface area contributed by atoms with Crippen molar-refractivity contribution in [3.63, 3.8) is 0 Å². The first-order valence-corrected chi connectivity index (χ1v) is 11.8. The lowest BCUT2D eigenvalue weighted by molar-refractivity contribution is -0.123. The molecule has 2 N–H and O–H groups in total. The molecule has 1 atom stereocenters. The maximum atomic E-state index is 12.7. The number of hydrogen-bond donors (Lipinski definition) is 2. The van der Waals surface area contributed by atoms with Gasteiger partial charge in [-0.25, -0.2) is 17.9 Å². The third-order valence-electron chi connectivity index (χ3n) is 4.78. The van der Waals surface area contributed by atoms with Gasteiger partial charge < -0.3 is 14.8 Å². The van der Waals surface area contributed by atoms with Gasteiger partial charge in [-0.05, 0) is 50.4 Å². The molecule has 0 bridgehead atoms. The van der Waals surface area contributed by atoms with Gasteiger partial charge in [-0.1, -0.05) is 36.4 Å². The number of benzene rings is 3. The van der Waals surface area contributed by atoms with Gasteiger partial charge >= 0.3 is 5.97 Å². The molecule has 0 radical (unpaired) electrons. The number of rotatable bonds is 8. The highest BCUT2D eigenvalue weighted by Crippen LogP contribution is 2.26. The Labute approximate surface area is 193 Å². The van der Waals surface area contributed by atoms with Gasteiger partial charge in [0.2, 0.25) is 10.0 Å². The van der Waals surface area contributed by atoms with Crippen LogP contribution in [0.25, 0.3) is 10.8 Å². The molecule has 0 aliphatic rings. The summed E-state index contributed by atoms with van der Waals surface area (Å²) >= 11 is 0. The van der Waals surface area contributed by atoms with Crippen molar-refractivity contribution >= 4 is 38.4 Å². The first-order chi connectivity index (χ1) is 15.6. The summed E-state index contributed by atoms with van der Waals surface area (Å²) in [6.07, 6.45) is -1.12. The molecule has 0 aliphatic heterocycles. The molecule has 0 spiro atoms. The van der Waals surface area contributed by atoms with Gasteiger partial charge in [0.05, 0.1) is 12.7 Å². The molecule has 3 rings (SSSR count). The molecule has 0 saturated carbocycles. The Kier molecular flexibility index (Phi) is 7.35. The van der Waals surface area contributed by atoms with E-state index in [0.717, 1.165) is 10.8 Å². The van der Waals surface area contributed by atoms with Gasteiger partial charge in [0.25, 0.3) is 5.91 Å². The van der Waals surface area contributed by atoms with Crippen LogP contribution in [-0.2, 0) is 19.6 Å². The Morgan fingerprint density at radius 1 is 0.939 bits per heavy atom. The minimum atomic E-state index is -3.93. The van der Waals surface area contributed by atoms with Crippen LogP contribution in [0.2, 0.25) is 0 Å². The summed E-state index contributed by atoms with van der Waals surface area (Å²) in [5.41, 5.74) is 0.573. The van der Waals surface area contributed by atoms with Crippen molar-refractivity contribution in [2.45, 2.75) is 37.8 Å². The number of sulfonamides is 1. The molecule has 0 fully saturated rings. The summed E-state index contributed by atoms with van der Waals surface area (Å²) in [5, 5.41) is 4.59. The lowest BCUT2D eigenvalue weighted by Crippen LogP contribution is -2.31. The van der Waals surface area contributed by atoms with E-state index in [9.17, 15) is 18.0 Å². The maximum absolute atomic E-state index is 12.7. The van der Waals surface area contributed by atoms with Crippen molar-refractivity contribution in [1.82, 2.24) is 4.72 Å². The molecule has 33 heavy (non-hydrogen) atoms. The minimum absolute atomic E-state index is 0.0234. The van der Waals surface area contributed by atoms with E-state index in [2.05, 4.69) is 10.0 Å². The van der Waals surface area contributed by atoms with Gasteiger partial charge in [0.15, 0.2) is 6.10 Å². The topological polar surface area (TPSA) is 111 Å². The van der Waals surface area contributed by atoms with E-state index in [-0.39, 0.29) is 22.3 Å². The van der Waals surface area contributed by atoms with Crippen LogP contribution in [0.3, 0.4) is 0 Å². The Balaban J connectivity index is 1.77. The van der Waals surface area contributed by atoms with E-state index in [1.807, 2.05) is 36.4 Å². The second-order valence-electron chi connectivity index (χ2n) is 7.71.